The highest BCUT2D eigenvalue weighted by molar-refractivity contribution is 8.00. The van der Waals surface area contributed by atoms with Crippen LogP contribution in [0.2, 0.25) is 0 Å². The fraction of sp³-hybridized carbons (Fsp3) is 0.0741. The molecule has 0 radical (unpaired) electrons. The first-order chi connectivity index (χ1) is 17.1. The zero-order valence-corrected chi connectivity index (χ0v) is 19.9. The Morgan fingerprint density at radius 3 is 2.63 bits per heavy atom. The molecule has 0 bridgehead atoms. The Hall–Kier alpha value is -4.17. The van der Waals surface area contributed by atoms with Crippen LogP contribution in [0.1, 0.15) is 5.56 Å². The number of halogens is 1. The van der Waals surface area contributed by atoms with Crippen molar-refractivity contribution < 1.29 is 9.13 Å². The van der Waals surface area contributed by atoms with Gasteiger partial charge in [0.1, 0.15) is 23.7 Å². The van der Waals surface area contributed by atoms with Gasteiger partial charge in [-0.15, -0.1) is 0 Å². The van der Waals surface area contributed by atoms with Crippen molar-refractivity contribution in [1.82, 2.24) is 15.0 Å². The van der Waals surface area contributed by atoms with E-state index in [1.165, 1.54) is 24.1 Å². The fourth-order valence-corrected chi connectivity index (χ4v) is 4.40. The van der Waals surface area contributed by atoms with Crippen LogP contribution in [0.25, 0.3) is 22.0 Å². The Morgan fingerprint density at radius 2 is 1.80 bits per heavy atom. The lowest BCUT2D eigenvalue weighted by Crippen LogP contribution is -1.97. The maximum Gasteiger partial charge on any atom is 0.141 e. The number of hydrogen-bond acceptors (Lipinski definition) is 7. The Bertz CT molecular complexity index is 1510. The molecule has 2 aromatic heterocycles. The summed E-state index contributed by atoms with van der Waals surface area (Å²) < 4.78 is 22.0. The summed E-state index contributed by atoms with van der Waals surface area (Å²) in [5.74, 6) is 1.28. The number of fused-ring (bicyclic) bond motifs is 1. The second-order valence-electron chi connectivity index (χ2n) is 7.89. The number of aromatic nitrogens is 3. The van der Waals surface area contributed by atoms with Gasteiger partial charge in [0, 0.05) is 27.7 Å². The van der Waals surface area contributed by atoms with Gasteiger partial charge in [0.15, 0.2) is 0 Å². The summed E-state index contributed by atoms with van der Waals surface area (Å²) in [7, 11) is 1.66. The number of ether oxygens (including phenoxy) is 1. The number of hydrogen-bond donors (Lipinski definition) is 2. The molecule has 174 valence electrons. The molecule has 2 heterocycles. The van der Waals surface area contributed by atoms with Gasteiger partial charge in [0.25, 0.3) is 0 Å². The third kappa shape index (κ3) is 5.17. The molecular formula is C27H22FN5OS. The van der Waals surface area contributed by atoms with E-state index in [0.717, 1.165) is 49.6 Å². The summed E-state index contributed by atoms with van der Waals surface area (Å²) in [5, 5.41) is 4.30. The number of anilines is 3. The summed E-state index contributed by atoms with van der Waals surface area (Å²) in [6, 6.07) is 20.4. The molecule has 5 aromatic rings. The van der Waals surface area contributed by atoms with Crippen LogP contribution >= 0.6 is 11.9 Å². The van der Waals surface area contributed by atoms with Gasteiger partial charge in [0.05, 0.1) is 24.5 Å². The SMILES string of the molecule is COc1ccc(Nc2ncnc3ccc(-c4cncc(NSc5cccc(F)c5)c4)cc23)cc1C. The summed E-state index contributed by atoms with van der Waals surface area (Å²) >= 11 is 1.33. The van der Waals surface area contributed by atoms with Gasteiger partial charge in [0.2, 0.25) is 0 Å². The van der Waals surface area contributed by atoms with Crippen LogP contribution < -0.4 is 14.8 Å². The molecule has 2 N–H and O–H groups in total. The van der Waals surface area contributed by atoms with Crippen LogP contribution in [0.3, 0.4) is 0 Å². The van der Waals surface area contributed by atoms with E-state index in [1.807, 2.05) is 55.6 Å². The normalized spacial score (nSPS) is 10.8. The zero-order chi connectivity index (χ0) is 24.2. The van der Waals surface area contributed by atoms with Crippen LogP contribution in [-0.2, 0) is 0 Å². The molecule has 0 aliphatic carbocycles. The molecule has 3 aromatic carbocycles. The quantitative estimate of drug-likeness (QED) is 0.241. The molecule has 0 atom stereocenters. The fourth-order valence-electron chi connectivity index (χ4n) is 3.73. The summed E-state index contributed by atoms with van der Waals surface area (Å²) in [4.78, 5) is 14.1. The highest BCUT2D eigenvalue weighted by atomic mass is 32.2. The molecule has 0 saturated heterocycles. The van der Waals surface area contributed by atoms with Crippen molar-refractivity contribution in [3.05, 3.63) is 96.8 Å². The molecule has 6 nitrogen and oxygen atoms in total. The highest BCUT2D eigenvalue weighted by Gasteiger charge is 2.09. The Kier molecular flexibility index (Phi) is 6.45. The number of aryl methyl sites for hydroxylation is 1. The Balaban J connectivity index is 1.42. The van der Waals surface area contributed by atoms with E-state index in [4.69, 9.17) is 4.74 Å². The predicted octanol–water partition coefficient (Wildman–Crippen LogP) is 7.01. The van der Waals surface area contributed by atoms with Crippen molar-refractivity contribution in [2.24, 2.45) is 0 Å². The van der Waals surface area contributed by atoms with E-state index in [0.29, 0.717) is 5.82 Å². The van der Waals surface area contributed by atoms with E-state index in [1.54, 1.807) is 25.7 Å². The van der Waals surface area contributed by atoms with Crippen LogP contribution in [-0.4, -0.2) is 22.1 Å². The number of methoxy groups -OCH3 is 1. The van der Waals surface area contributed by atoms with Gasteiger partial charge in [-0.1, -0.05) is 12.1 Å². The van der Waals surface area contributed by atoms with Crippen molar-refractivity contribution in [3.63, 3.8) is 0 Å². The molecule has 0 spiro atoms. The van der Waals surface area contributed by atoms with E-state index in [2.05, 4.69) is 31.1 Å². The van der Waals surface area contributed by atoms with E-state index in [9.17, 15) is 4.39 Å². The van der Waals surface area contributed by atoms with Gasteiger partial charge in [-0.25, -0.2) is 14.4 Å². The van der Waals surface area contributed by atoms with Crippen molar-refractivity contribution in [2.75, 3.05) is 17.1 Å². The molecule has 5 rings (SSSR count). The monoisotopic (exact) mass is 483 g/mol. The van der Waals surface area contributed by atoms with Crippen molar-refractivity contribution in [1.29, 1.82) is 0 Å². The second-order valence-corrected chi connectivity index (χ2v) is 8.77. The number of pyridine rings is 1. The molecule has 0 fully saturated rings. The molecule has 0 unspecified atom stereocenters. The van der Waals surface area contributed by atoms with E-state index >= 15 is 0 Å². The minimum absolute atomic E-state index is 0.267. The van der Waals surface area contributed by atoms with Crippen LogP contribution in [0.15, 0.2) is 90.3 Å². The predicted molar refractivity (Wildman–Crippen MR) is 140 cm³/mol. The minimum Gasteiger partial charge on any atom is -0.496 e. The third-order valence-corrected chi connectivity index (χ3v) is 6.27. The largest absolute Gasteiger partial charge is 0.496 e. The molecular weight excluding hydrogens is 461 g/mol. The standard InChI is InChI=1S/C27H22FN5OS/c1-17-10-21(7-9-26(17)34-2)32-27-24-12-18(6-8-25(24)30-16-31-27)19-11-22(15-29-14-19)33-35-23-5-3-4-20(28)13-23/h3-16,33H,1-2H3,(H,30,31,32). The molecule has 35 heavy (non-hydrogen) atoms. The maximum atomic E-state index is 13.5. The highest BCUT2D eigenvalue weighted by Crippen LogP contribution is 2.31. The average Bonchev–Trinajstić information content (AvgIpc) is 2.88. The van der Waals surface area contributed by atoms with Gasteiger partial charge in [-0.2, -0.15) is 0 Å². The Morgan fingerprint density at radius 1 is 0.886 bits per heavy atom. The zero-order valence-electron chi connectivity index (χ0n) is 19.1. The van der Waals surface area contributed by atoms with Crippen LogP contribution in [0, 0.1) is 12.7 Å². The number of nitrogens with zero attached hydrogens (tertiary/aromatic N) is 3. The molecule has 0 saturated carbocycles. The number of rotatable bonds is 7. The maximum absolute atomic E-state index is 13.5. The summed E-state index contributed by atoms with van der Waals surface area (Å²) in [6.07, 6.45) is 5.10. The van der Waals surface area contributed by atoms with E-state index < -0.39 is 0 Å². The lowest BCUT2D eigenvalue weighted by atomic mass is 10.0. The first-order valence-electron chi connectivity index (χ1n) is 10.9. The van der Waals surface area contributed by atoms with Crippen LogP contribution in [0.5, 0.6) is 5.75 Å². The number of benzene rings is 3. The van der Waals surface area contributed by atoms with Gasteiger partial charge in [-0.05, 0) is 84.6 Å². The molecule has 0 aliphatic heterocycles. The van der Waals surface area contributed by atoms with Crippen molar-refractivity contribution in [3.8, 4) is 16.9 Å². The summed E-state index contributed by atoms with van der Waals surface area (Å²) in [6.45, 7) is 2.00. The van der Waals surface area contributed by atoms with Gasteiger partial charge in [-0.3, -0.25) is 4.98 Å². The third-order valence-electron chi connectivity index (χ3n) is 5.45. The smallest absolute Gasteiger partial charge is 0.141 e. The lowest BCUT2D eigenvalue weighted by Gasteiger charge is -2.12. The van der Waals surface area contributed by atoms with Crippen LogP contribution in [0.4, 0.5) is 21.6 Å². The second kappa shape index (κ2) is 9.99. The average molecular weight is 484 g/mol. The lowest BCUT2D eigenvalue weighted by molar-refractivity contribution is 0.412. The summed E-state index contributed by atoms with van der Waals surface area (Å²) in [5.41, 5.74) is 5.51. The molecule has 0 aliphatic rings. The first-order valence-corrected chi connectivity index (χ1v) is 11.7. The molecule has 0 amide bonds. The Labute approximate surface area is 206 Å². The number of nitrogens with one attached hydrogen (secondary N) is 2. The first kappa shape index (κ1) is 22.6. The van der Waals surface area contributed by atoms with E-state index in [-0.39, 0.29) is 5.82 Å². The van der Waals surface area contributed by atoms with Crippen molar-refractivity contribution in [2.45, 2.75) is 11.8 Å². The molecule has 8 heteroatoms. The minimum atomic E-state index is -0.267. The van der Waals surface area contributed by atoms with Gasteiger partial charge >= 0.3 is 0 Å². The van der Waals surface area contributed by atoms with Crippen molar-refractivity contribution >= 4 is 40.0 Å². The van der Waals surface area contributed by atoms with Gasteiger partial charge < -0.3 is 14.8 Å². The topological polar surface area (TPSA) is 72.0 Å².